The van der Waals surface area contributed by atoms with Crippen molar-refractivity contribution in [2.75, 3.05) is 19.0 Å². The minimum absolute atomic E-state index is 0.0217. The molecule has 0 spiro atoms. The fourth-order valence-corrected chi connectivity index (χ4v) is 1.23. The first-order valence-electron chi connectivity index (χ1n) is 4.86. The van der Waals surface area contributed by atoms with Crippen molar-refractivity contribution in [1.29, 1.82) is 0 Å². The zero-order valence-corrected chi connectivity index (χ0v) is 9.27. The summed E-state index contributed by atoms with van der Waals surface area (Å²) in [6.45, 7) is 2.58. The summed E-state index contributed by atoms with van der Waals surface area (Å²) >= 11 is 0. The summed E-state index contributed by atoms with van der Waals surface area (Å²) in [5, 5.41) is 13.7. The van der Waals surface area contributed by atoms with Gasteiger partial charge >= 0.3 is 0 Å². The molecule has 0 aliphatic carbocycles. The predicted molar refractivity (Wildman–Crippen MR) is 63.0 cm³/mol. The summed E-state index contributed by atoms with van der Waals surface area (Å²) < 4.78 is 5.08. The van der Waals surface area contributed by atoms with Gasteiger partial charge in [0, 0.05) is 12.6 Å². The highest BCUT2D eigenvalue weighted by Gasteiger charge is 2.10. The third-order valence-electron chi connectivity index (χ3n) is 2.04. The van der Waals surface area contributed by atoms with Crippen LogP contribution in [0.2, 0.25) is 0 Å². The van der Waals surface area contributed by atoms with Gasteiger partial charge in [-0.05, 0) is 13.0 Å². The lowest BCUT2D eigenvalue weighted by Crippen LogP contribution is -2.01. The Morgan fingerprint density at radius 1 is 1.56 bits per heavy atom. The van der Waals surface area contributed by atoms with Crippen LogP contribution in [0.4, 0.5) is 11.4 Å². The average Bonchev–Trinajstić information content (AvgIpc) is 2.29. The van der Waals surface area contributed by atoms with Gasteiger partial charge in [-0.2, -0.15) is 0 Å². The van der Waals surface area contributed by atoms with Crippen molar-refractivity contribution in [1.82, 2.24) is 0 Å². The van der Waals surface area contributed by atoms with Gasteiger partial charge in [0.1, 0.15) is 5.75 Å². The zero-order valence-electron chi connectivity index (χ0n) is 9.27. The second-order valence-electron chi connectivity index (χ2n) is 3.09. The lowest BCUT2D eigenvalue weighted by Gasteiger charge is -2.08. The molecule has 0 fully saturated rings. The minimum Gasteiger partial charge on any atom is -0.494 e. The first-order chi connectivity index (χ1) is 7.69. The van der Waals surface area contributed by atoms with Crippen LogP contribution in [0.5, 0.6) is 5.75 Å². The molecule has 0 atom stereocenters. The number of nitro groups is 1. The Kier molecular flexibility index (Phi) is 4.32. The zero-order chi connectivity index (χ0) is 12.0. The Balaban J connectivity index is 2.88. The first kappa shape index (κ1) is 12.0. The summed E-state index contributed by atoms with van der Waals surface area (Å²) in [6, 6.07) is 4.49. The van der Waals surface area contributed by atoms with E-state index in [-0.39, 0.29) is 5.69 Å². The monoisotopic (exact) mass is 222 g/mol. The van der Waals surface area contributed by atoms with Crippen LogP contribution in [0.1, 0.15) is 6.92 Å². The molecular formula is C11H14N2O3. The molecule has 0 saturated heterocycles. The minimum atomic E-state index is -0.446. The molecule has 0 aliphatic heterocycles. The predicted octanol–water partition coefficient (Wildman–Crippen LogP) is 2.59. The van der Waals surface area contributed by atoms with E-state index in [1.54, 1.807) is 6.07 Å². The maximum absolute atomic E-state index is 10.6. The summed E-state index contributed by atoms with van der Waals surface area (Å²) in [5.41, 5.74) is 0.764. The van der Waals surface area contributed by atoms with Crippen molar-refractivity contribution < 1.29 is 9.66 Å². The lowest BCUT2D eigenvalue weighted by atomic mass is 10.2. The SMILES string of the molecule is C/C=C/CNc1ccc([N+](=O)[O-])cc1OC. The number of anilines is 1. The maximum atomic E-state index is 10.6. The van der Waals surface area contributed by atoms with Gasteiger partial charge in [-0.15, -0.1) is 0 Å². The highest BCUT2D eigenvalue weighted by atomic mass is 16.6. The van der Waals surface area contributed by atoms with E-state index in [9.17, 15) is 10.1 Å². The molecule has 0 heterocycles. The molecule has 0 aromatic heterocycles. The standard InChI is InChI=1S/C11H14N2O3/c1-3-4-7-12-10-6-5-9(13(14)15)8-11(10)16-2/h3-6,8,12H,7H2,1-2H3/b4-3+. The third-order valence-corrected chi connectivity index (χ3v) is 2.04. The number of nitro benzene ring substituents is 1. The fourth-order valence-electron chi connectivity index (χ4n) is 1.23. The number of allylic oxidation sites excluding steroid dienone is 1. The number of hydrogen-bond donors (Lipinski definition) is 1. The summed E-state index contributed by atoms with van der Waals surface area (Å²) in [5.74, 6) is 0.471. The van der Waals surface area contributed by atoms with E-state index in [2.05, 4.69) is 5.32 Å². The highest BCUT2D eigenvalue weighted by Crippen LogP contribution is 2.28. The highest BCUT2D eigenvalue weighted by molar-refractivity contribution is 5.60. The van der Waals surface area contributed by atoms with Gasteiger partial charge < -0.3 is 10.1 Å². The molecule has 1 N–H and O–H groups in total. The second kappa shape index (κ2) is 5.75. The van der Waals surface area contributed by atoms with Crippen molar-refractivity contribution in [2.45, 2.75) is 6.92 Å². The van der Waals surface area contributed by atoms with Gasteiger partial charge in [-0.25, -0.2) is 0 Å². The molecule has 0 radical (unpaired) electrons. The largest absolute Gasteiger partial charge is 0.494 e. The van der Waals surface area contributed by atoms with E-state index >= 15 is 0 Å². The van der Waals surface area contributed by atoms with Crippen molar-refractivity contribution in [3.63, 3.8) is 0 Å². The topological polar surface area (TPSA) is 64.4 Å². The van der Waals surface area contributed by atoms with Crippen LogP contribution >= 0.6 is 0 Å². The van der Waals surface area contributed by atoms with Crippen LogP contribution in [-0.4, -0.2) is 18.6 Å². The molecule has 16 heavy (non-hydrogen) atoms. The van der Waals surface area contributed by atoms with Gasteiger partial charge in [0.25, 0.3) is 5.69 Å². The number of nitrogens with zero attached hydrogens (tertiary/aromatic N) is 1. The molecule has 0 saturated carbocycles. The van der Waals surface area contributed by atoms with E-state index in [0.717, 1.165) is 5.69 Å². The van der Waals surface area contributed by atoms with E-state index in [4.69, 9.17) is 4.74 Å². The molecule has 1 aromatic carbocycles. The summed E-state index contributed by atoms with van der Waals surface area (Å²) in [4.78, 5) is 10.1. The fraction of sp³-hybridized carbons (Fsp3) is 0.273. The van der Waals surface area contributed by atoms with E-state index in [0.29, 0.717) is 12.3 Å². The van der Waals surface area contributed by atoms with E-state index in [1.807, 2.05) is 19.1 Å². The van der Waals surface area contributed by atoms with Gasteiger partial charge in [0.2, 0.25) is 0 Å². The van der Waals surface area contributed by atoms with E-state index in [1.165, 1.54) is 19.2 Å². The molecule has 1 aromatic rings. The van der Waals surface area contributed by atoms with Gasteiger partial charge in [-0.1, -0.05) is 12.2 Å². The van der Waals surface area contributed by atoms with Crippen LogP contribution in [0.15, 0.2) is 30.4 Å². The Labute approximate surface area is 93.9 Å². The molecular weight excluding hydrogens is 208 g/mol. The average molecular weight is 222 g/mol. The van der Waals surface area contributed by atoms with Crippen LogP contribution in [0, 0.1) is 10.1 Å². The van der Waals surface area contributed by atoms with Crippen LogP contribution < -0.4 is 10.1 Å². The number of benzene rings is 1. The van der Waals surface area contributed by atoms with Gasteiger partial charge in [0.15, 0.2) is 0 Å². The number of nitrogens with one attached hydrogen (secondary N) is 1. The van der Waals surface area contributed by atoms with Crippen molar-refractivity contribution in [3.05, 3.63) is 40.5 Å². The van der Waals surface area contributed by atoms with Crippen molar-refractivity contribution in [3.8, 4) is 5.75 Å². The number of ether oxygens (including phenoxy) is 1. The van der Waals surface area contributed by atoms with Gasteiger partial charge in [0.05, 0.1) is 23.8 Å². The van der Waals surface area contributed by atoms with Crippen LogP contribution in [-0.2, 0) is 0 Å². The smallest absolute Gasteiger partial charge is 0.273 e. The Morgan fingerprint density at radius 3 is 2.88 bits per heavy atom. The summed E-state index contributed by atoms with van der Waals surface area (Å²) in [7, 11) is 1.49. The normalized spacial score (nSPS) is 10.4. The van der Waals surface area contributed by atoms with Gasteiger partial charge in [-0.3, -0.25) is 10.1 Å². The molecule has 0 unspecified atom stereocenters. The van der Waals surface area contributed by atoms with Crippen LogP contribution in [0.25, 0.3) is 0 Å². The Morgan fingerprint density at radius 2 is 2.31 bits per heavy atom. The van der Waals surface area contributed by atoms with Crippen LogP contribution in [0.3, 0.4) is 0 Å². The number of non-ortho nitro benzene ring substituents is 1. The molecule has 0 amide bonds. The first-order valence-corrected chi connectivity index (χ1v) is 4.86. The summed E-state index contributed by atoms with van der Waals surface area (Å²) in [6.07, 6.45) is 3.87. The molecule has 0 bridgehead atoms. The van der Waals surface area contributed by atoms with Crippen molar-refractivity contribution in [2.24, 2.45) is 0 Å². The number of methoxy groups -OCH3 is 1. The number of hydrogen-bond acceptors (Lipinski definition) is 4. The second-order valence-corrected chi connectivity index (χ2v) is 3.09. The molecule has 5 nitrogen and oxygen atoms in total. The molecule has 0 aliphatic rings. The molecule has 5 heteroatoms. The lowest BCUT2D eigenvalue weighted by molar-refractivity contribution is -0.384. The quantitative estimate of drug-likeness (QED) is 0.472. The van der Waals surface area contributed by atoms with Crippen molar-refractivity contribution >= 4 is 11.4 Å². The van der Waals surface area contributed by atoms with E-state index < -0.39 is 4.92 Å². The Bertz CT molecular complexity index is 402. The molecule has 1 rings (SSSR count). The maximum Gasteiger partial charge on any atom is 0.273 e. The Hall–Kier alpha value is -2.04. The third kappa shape index (κ3) is 2.98. The molecule has 86 valence electrons. The number of rotatable bonds is 5.